The van der Waals surface area contributed by atoms with Crippen molar-refractivity contribution in [3.8, 4) is 27.9 Å². The maximum Gasteiger partial charge on any atom is 0.159 e. The zero-order chi connectivity index (χ0) is 38.2. The lowest BCUT2D eigenvalue weighted by Gasteiger charge is -2.26. The van der Waals surface area contributed by atoms with Gasteiger partial charge in [-0.25, -0.2) is 0 Å². The van der Waals surface area contributed by atoms with Crippen molar-refractivity contribution >= 4 is 92.3 Å². The van der Waals surface area contributed by atoms with Crippen LogP contribution in [0.25, 0.3) is 91.9 Å². The summed E-state index contributed by atoms with van der Waals surface area (Å²) in [4.78, 5) is 2.35. The minimum atomic E-state index is 0.873. The van der Waals surface area contributed by atoms with Crippen molar-refractivity contribution in [2.75, 3.05) is 4.90 Å². The van der Waals surface area contributed by atoms with Crippen LogP contribution in [0.4, 0.5) is 17.1 Å². The van der Waals surface area contributed by atoms with Crippen molar-refractivity contribution in [3.63, 3.8) is 0 Å². The Balaban J connectivity index is 0.967. The first-order valence-electron chi connectivity index (χ1n) is 19.7. The fourth-order valence-electron chi connectivity index (χ4n) is 8.87. The second-order valence-electron chi connectivity index (χ2n) is 14.9. The minimum Gasteiger partial charge on any atom is -0.454 e. The highest BCUT2D eigenvalue weighted by molar-refractivity contribution is 7.25. The number of anilines is 3. The van der Waals surface area contributed by atoms with Crippen molar-refractivity contribution < 1.29 is 4.42 Å². The largest absolute Gasteiger partial charge is 0.454 e. The first kappa shape index (κ1) is 32.8. The quantitative estimate of drug-likeness (QED) is 0.168. The molecule has 0 atom stereocenters. The first-order valence-corrected chi connectivity index (χ1v) is 20.5. The highest BCUT2D eigenvalue weighted by atomic mass is 32.1. The van der Waals surface area contributed by atoms with Gasteiger partial charge in [-0.05, 0) is 89.0 Å². The number of fused-ring (bicyclic) bond motifs is 9. The number of furan rings is 1. The molecule has 3 aromatic heterocycles. The Bertz CT molecular complexity index is 3520. The number of hydrogen-bond acceptors (Lipinski definition) is 3. The number of nitrogens with zero attached hydrogens (tertiary/aromatic N) is 2. The number of benzene rings is 9. The molecule has 12 rings (SSSR count). The Morgan fingerprint density at radius 1 is 0.379 bits per heavy atom. The minimum absolute atomic E-state index is 0.873. The summed E-state index contributed by atoms with van der Waals surface area (Å²) in [5.74, 6) is 0. The normalized spacial score (nSPS) is 11.8. The Morgan fingerprint density at radius 3 is 1.86 bits per heavy atom. The number of thiophene rings is 1. The summed E-state index contributed by atoms with van der Waals surface area (Å²) < 4.78 is 11.6. The maximum absolute atomic E-state index is 6.65. The Hall–Kier alpha value is -7.40. The molecule has 0 N–H and O–H groups in total. The molecule has 0 amide bonds. The smallest absolute Gasteiger partial charge is 0.159 e. The molecule has 12 aromatic rings. The van der Waals surface area contributed by atoms with Crippen molar-refractivity contribution in [1.82, 2.24) is 4.57 Å². The van der Waals surface area contributed by atoms with Gasteiger partial charge >= 0.3 is 0 Å². The van der Waals surface area contributed by atoms with E-state index < -0.39 is 0 Å². The Labute approximate surface area is 338 Å². The number of rotatable bonds is 6. The highest BCUT2D eigenvalue weighted by Gasteiger charge is 2.21. The van der Waals surface area contributed by atoms with Crippen LogP contribution in [-0.4, -0.2) is 4.57 Å². The van der Waals surface area contributed by atoms with Gasteiger partial charge in [0, 0.05) is 58.8 Å². The topological polar surface area (TPSA) is 21.3 Å². The molecule has 0 spiro atoms. The third kappa shape index (κ3) is 5.19. The molecule has 9 aromatic carbocycles. The first-order chi connectivity index (χ1) is 28.7. The molecular formula is C54H34N2OS. The van der Waals surface area contributed by atoms with E-state index in [1.165, 1.54) is 53.1 Å². The summed E-state index contributed by atoms with van der Waals surface area (Å²) in [7, 11) is 0. The number of hydrogen-bond donors (Lipinski definition) is 0. The van der Waals surface area contributed by atoms with Gasteiger partial charge in [0.15, 0.2) is 5.58 Å². The fourth-order valence-corrected chi connectivity index (χ4v) is 10.0. The third-order valence-electron chi connectivity index (χ3n) is 11.6. The molecule has 3 nitrogen and oxygen atoms in total. The van der Waals surface area contributed by atoms with E-state index in [2.05, 4.69) is 210 Å². The van der Waals surface area contributed by atoms with E-state index in [0.29, 0.717) is 0 Å². The monoisotopic (exact) mass is 758 g/mol. The Morgan fingerprint density at radius 2 is 1.00 bits per heavy atom. The van der Waals surface area contributed by atoms with Crippen LogP contribution in [0, 0.1) is 0 Å². The zero-order valence-corrected chi connectivity index (χ0v) is 32.2. The molecular weight excluding hydrogens is 725 g/mol. The van der Waals surface area contributed by atoms with Gasteiger partial charge < -0.3 is 13.9 Å². The molecule has 58 heavy (non-hydrogen) atoms. The SMILES string of the molecule is c1ccc(-n2c3ccccc3c3ccc(-c4ccc(-c5cccc(N(c6ccc7c(c6)sc6ccccc67)c6cccc7c6oc6ccccc67)c5)cc4)cc32)cc1. The number of para-hydroxylation sites is 4. The standard InChI is InChI=1S/C54H34N2OS/c1-2-13-39(14-3-1)56-48-20-7-4-16-42(48)43-30-28-38(33-50(43)56)36-26-24-35(25-27-36)37-12-10-15-40(32-37)55(41-29-31-46-45-18-6-9-23-52(45)58-53(46)34-41)49-21-11-19-47-44-17-5-8-22-51(44)57-54(47)49/h1-34H. The molecule has 0 unspecified atom stereocenters. The van der Waals surface area contributed by atoms with Gasteiger partial charge in [-0.2, -0.15) is 0 Å². The van der Waals surface area contributed by atoms with Gasteiger partial charge in [0.05, 0.1) is 16.7 Å². The summed E-state index contributed by atoms with van der Waals surface area (Å²) in [6.07, 6.45) is 0. The molecule has 272 valence electrons. The lowest BCUT2D eigenvalue weighted by molar-refractivity contribution is 0.669. The number of aromatic nitrogens is 1. The molecule has 0 fully saturated rings. The molecule has 0 aliphatic rings. The van der Waals surface area contributed by atoms with E-state index in [-0.39, 0.29) is 0 Å². The van der Waals surface area contributed by atoms with Crippen LogP contribution in [0.3, 0.4) is 0 Å². The molecule has 4 heteroatoms. The van der Waals surface area contributed by atoms with Crippen LogP contribution in [0.5, 0.6) is 0 Å². The van der Waals surface area contributed by atoms with Crippen LogP contribution < -0.4 is 4.90 Å². The Kier molecular flexibility index (Phi) is 7.40. The molecule has 0 bridgehead atoms. The highest BCUT2D eigenvalue weighted by Crippen LogP contribution is 2.45. The lowest BCUT2D eigenvalue weighted by atomic mass is 9.99. The molecule has 0 saturated carbocycles. The third-order valence-corrected chi connectivity index (χ3v) is 12.7. The van der Waals surface area contributed by atoms with Crippen LogP contribution in [-0.2, 0) is 0 Å². The van der Waals surface area contributed by atoms with Crippen molar-refractivity contribution in [3.05, 3.63) is 206 Å². The molecule has 0 saturated heterocycles. The lowest BCUT2D eigenvalue weighted by Crippen LogP contribution is -2.10. The van der Waals surface area contributed by atoms with Gasteiger partial charge in [0.25, 0.3) is 0 Å². The van der Waals surface area contributed by atoms with Crippen molar-refractivity contribution in [2.24, 2.45) is 0 Å². The average Bonchev–Trinajstić information content (AvgIpc) is 3.96. The molecule has 0 aliphatic heterocycles. The summed E-state index contributed by atoms with van der Waals surface area (Å²) >= 11 is 1.84. The summed E-state index contributed by atoms with van der Waals surface area (Å²) in [6, 6.07) is 74.4. The zero-order valence-electron chi connectivity index (χ0n) is 31.3. The maximum atomic E-state index is 6.65. The summed E-state index contributed by atoms with van der Waals surface area (Å²) in [5.41, 5.74) is 13.2. The summed E-state index contributed by atoms with van der Waals surface area (Å²) in [5, 5.41) is 7.32. The van der Waals surface area contributed by atoms with Crippen molar-refractivity contribution in [1.29, 1.82) is 0 Å². The molecule has 3 heterocycles. The van der Waals surface area contributed by atoms with Gasteiger partial charge in [-0.15, -0.1) is 11.3 Å². The van der Waals surface area contributed by atoms with Crippen LogP contribution in [0.1, 0.15) is 0 Å². The van der Waals surface area contributed by atoms with E-state index in [9.17, 15) is 0 Å². The molecule has 0 aliphatic carbocycles. The predicted molar refractivity (Wildman–Crippen MR) is 247 cm³/mol. The van der Waals surface area contributed by atoms with E-state index in [1.54, 1.807) is 0 Å². The predicted octanol–water partition coefficient (Wildman–Crippen LogP) is 15.9. The van der Waals surface area contributed by atoms with E-state index in [1.807, 2.05) is 17.4 Å². The van der Waals surface area contributed by atoms with Crippen LogP contribution in [0.2, 0.25) is 0 Å². The van der Waals surface area contributed by atoms with Gasteiger partial charge in [-0.1, -0.05) is 140 Å². The average molecular weight is 759 g/mol. The van der Waals surface area contributed by atoms with E-state index >= 15 is 0 Å². The van der Waals surface area contributed by atoms with Gasteiger partial charge in [-0.3, -0.25) is 0 Å². The van der Waals surface area contributed by atoms with Gasteiger partial charge in [0.1, 0.15) is 5.58 Å². The van der Waals surface area contributed by atoms with E-state index in [4.69, 9.17) is 4.42 Å². The second kappa shape index (κ2) is 13.1. The fraction of sp³-hybridized carbons (Fsp3) is 0. The second-order valence-corrected chi connectivity index (χ2v) is 16.0. The summed E-state index contributed by atoms with van der Waals surface area (Å²) in [6.45, 7) is 0. The van der Waals surface area contributed by atoms with Crippen LogP contribution in [0.15, 0.2) is 211 Å². The molecule has 0 radical (unpaired) electrons. The van der Waals surface area contributed by atoms with E-state index in [0.717, 1.165) is 55.8 Å². The van der Waals surface area contributed by atoms with Crippen molar-refractivity contribution in [2.45, 2.75) is 0 Å². The van der Waals surface area contributed by atoms with Gasteiger partial charge in [0.2, 0.25) is 0 Å². The van der Waals surface area contributed by atoms with Crippen LogP contribution >= 0.6 is 11.3 Å².